The maximum absolute atomic E-state index is 14.2. The van der Waals surface area contributed by atoms with Gasteiger partial charge >= 0.3 is 12.1 Å². The van der Waals surface area contributed by atoms with Crippen LogP contribution in [0.15, 0.2) is 89.4 Å². The van der Waals surface area contributed by atoms with Crippen molar-refractivity contribution in [2.75, 3.05) is 33.8 Å². The van der Waals surface area contributed by atoms with Gasteiger partial charge in [0.15, 0.2) is 0 Å². The zero-order valence-electron chi connectivity index (χ0n) is 25.3. The van der Waals surface area contributed by atoms with Crippen molar-refractivity contribution in [3.8, 4) is 11.1 Å². The van der Waals surface area contributed by atoms with Crippen LogP contribution in [0.4, 0.5) is 4.79 Å². The highest BCUT2D eigenvalue weighted by Gasteiger charge is 2.39. The molecule has 0 fully saturated rings. The van der Waals surface area contributed by atoms with Gasteiger partial charge in [-0.05, 0) is 52.8 Å². The second-order valence-electron chi connectivity index (χ2n) is 11.4. The minimum atomic E-state index is -1.15. The summed E-state index contributed by atoms with van der Waals surface area (Å²) in [7, 11) is 2.96. The second-order valence-corrected chi connectivity index (χ2v) is 12.3. The fraction of sp³-hybridized carbons (Fsp3) is 0.314. The highest BCUT2D eigenvalue weighted by molar-refractivity contribution is 9.10. The average Bonchev–Trinajstić information content (AvgIpc) is 3.34. The minimum Gasteiger partial charge on any atom is -0.480 e. The van der Waals surface area contributed by atoms with E-state index in [9.17, 15) is 24.3 Å². The third-order valence-electron chi connectivity index (χ3n) is 8.47. The van der Waals surface area contributed by atoms with E-state index in [0.29, 0.717) is 6.42 Å². The SMILES string of the molecule is CN(CC(=O)O)C(=O)[C@H](Cc1ccc(Br)cc1)N1CC/C=C\C[C@H](N(C)C(=O)OCC2c3ccccc3-c3ccccc32)C1=O. The van der Waals surface area contributed by atoms with Gasteiger partial charge < -0.3 is 19.6 Å². The molecule has 0 saturated heterocycles. The number of amides is 3. The maximum Gasteiger partial charge on any atom is 0.410 e. The fourth-order valence-corrected chi connectivity index (χ4v) is 6.39. The molecule has 10 heteroatoms. The lowest BCUT2D eigenvalue weighted by Gasteiger charge is -2.38. The third-order valence-corrected chi connectivity index (χ3v) is 9.00. The number of hydrogen-bond donors (Lipinski definition) is 1. The molecule has 5 rings (SSSR count). The molecule has 0 bridgehead atoms. The first-order valence-electron chi connectivity index (χ1n) is 14.9. The lowest BCUT2D eigenvalue weighted by atomic mass is 9.98. The number of halogens is 1. The molecule has 0 unspecified atom stereocenters. The molecule has 45 heavy (non-hydrogen) atoms. The van der Waals surface area contributed by atoms with Crippen molar-refractivity contribution in [3.05, 3.63) is 106 Å². The molecule has 3 aromatic rings. The molecule has 0 aromatic heterocycles. The zero-order chi connectivity index (χ0) is 32.1. The van der Waals surface area contributed by atoms with Gasteiger partial charge in [-0.15, -0.1) is 0 Å². The Bertz CT molecular complexity index is 1560. The molecule has 0 radical (unpaired) electrons. The molecule has 3 aromatic carbocycles. The van der Waals surface area contributed by atoms with Crippen LogP contribution in [0.1, 0.15) is 35.4 Å². The number of carboxylic acids is 1. The standard InChI is InChI=1S/C35H36BrN3O6/c1-37(21-32(40)41)33(42)31(20-23-15-17-24(36)18-16-23)39-19-9-3-4-14-30(34(39)43)38(2)35(44)45-22-29-27-12-7-5-10-25(27)26-11-6-8-13-28(26)29/h3-8,10-13,15-18,29-31H,9,14,19-22H2,1-2H3,(H,40,41)/b4-3-/t30-,31-/m0/s1. The van der Waals surface area contributed by atoms with Gasteiger partial charge in [0.25, 0.3) is 0 Å². The Hall–Kier alpha value is -4.44. The maximum atomic E-state index is 14.2. The van der Waals surface area contributed by atoms with Gasteiger partial charge in [-0.2, -0.15) is 0 Å². The van der Waals surface area contributed by atoms with Crippen LogP contribution in [0, 0.1) is 0 Å². The number of nitrogens with zero attached hydrogens (tertiary/aromatic N) is 3. The number of ether oxygens (including phenoxy) is 1. The molecule has 1 aliphatic carbocycles. The van der Waals surface area contributed by atoms with Crippen LogP contribution in [0.25, 0.3) is 11.1 Å². The number of carbonyl (C=O) groups excluding carboxylic acids is 3. The van der Waals surface area contributed by atoms with E-state index in [2.05, 4.69) is 28.1 Å². The van der Waals surface area contributed by atoms with Gasteiger partial charge in [0.05, 0.1) is 0 Å². The van der Waals surface area contributed by atoms with Crippen molar-refractivity contribution in [1.82, 2.24) is 14.7 Å². The minimum absolute atomic E-state index is 0.113. The lowest BCUT2D eigenvalue weighted by Crippen LogP contribution is -2.57. The molecular weight excluding hydrogens is 638 g/mol. The van der Waals surface area contributed by atoms with E-state index >= 15 is 0 Å². The lowest BCUT2D eigenvalue weighted by molar-refractivity contribution is -0.150. The summed E-state index contributed by atoms with van der Waals surface area (Å²) in [6.07, 6.45) is 4.12. The number of carbonyl (C=O) groups is 4. The molecule has 0 saturated carbocycles. The first-order valence-corrected chi connectivity index (χ1v) is 15.7. The van der Waals surface area contributed by atoms with Gasteiger partial charge in [0.1, 0.15) is 25.2 Å². The van der Waals surface area contributed by atoms with E-state index in [4.69, 9.17) is 4.74 Å². The quantitative estimate of drug-likeness (QED) is 0.308. The van der Waals surface area contributed by atoms with Crippen LogP contribution in [0.3, 0.4) is 0 Å². The number of hydrogen-bond acceptors (Lipinski definition) is 5. The van der Waals surface area contributed by atoms with Crippen molar-refractivity contribution in [2.24, 2.45) is 0 Å². The van der Waals surface area contributed by atoms with Gasteiger partial charge in [0, 0.05) is 37.5 Å². The van der Waals surface area contributed by atoms with Crippen molar-refractivity contribution in [2.45, 2.75) is 37.3 Å². The highest BCUT2D eigenvalue weighted by Crippen LogP contribution is 2.44. The Morgan fingerprint density at radius 1 is 0.956 bits per heavy atom. The monoisotopic (exact) mass is 673 g/mol. The molecular formula is C35H36BrN3O6. The van der Waals surface area contributed by atoms with Gasteiger partial charge in [-0.1, -0.05) is 88.7 Å². The molecule has 1 aliphatic heterocycles. The van der Waals surface area contributed by atoms with Crippen LogP contribution in [0.2, 0.25) is 0 Å². The summed E-state index contributed by atoms with van der Waals surface area (Å²) < 4.78 is 6.72. The molecule has 3 amide bonds. The van der Waals surface area contributed by atoms with E-state index in [1.165, 1.54) is 23.9 Å². The van der Waals surface area contributed by atoms with Crippen LogP contribution in [-0.2, 0) is 25.5 Å². The average molecular weight is 675 g/mol. The Kier molecular flexibility index (Phi) is 10.0. The van der Waals surface area contributed by atoms with Gasteiger partial charge in [-0.25, -0.2) is 4.79 Å². The molecule has 2 atom stereocenters. The van der Waals surface area contributed by atoms with E-state index in [0.717, 1.165) is 37.2 Å². The summed E-state index contributed by atoms with van der Waals surface area (Å²) in [4.78, 5) is 56.8. The van der Waals surface area contributed by atoms with Crippen LogP contribution in [-0.4, -0.2) is 89.6 Å². The van der Waals surface area contributed by atoms with Gasteiger partial charge in [0.2, 0.25) is 11.8 Å². The summed E-state index contributed by atoms with van der Waals surface area (Å²) in [5.41, 5.74) is 5.22. The number of fused-ring (bicyclic) bond motifs is 3. The summed E-state index contributed by atoms with van der Waals surface area (Å²) in [6, 6.07) is 21.7. The van der Waals surface area contributed by atoms with Crippen molar-refractivity contribution < 1.29 is 29.0 Å². The highest BCUT2D eigenvalue weighted by atomic mass is 79.9. The summed E-state index contributed by atoms with van der Waals surface area (Å²) >= 11 is 3.42. The predicted octanol–water partition coefficient (Wildman–Crippen LogP) is 5.33. The fourth-order valence-electron chi connectivity index (χ4n) is 6.13. The Morgan fingerprint density at radius 3 is 2.20 bits per heavy atom. The molecule has 0 spiro atoms. The number of benzene rings is 3. The van der Waals surface area contributed by atoms with E-state index < -0.39 is 42.5 Å². The van der Waals surface area contributed by atoms with Gasteiger partial charge in [-0.3, -0.25) is 19.3 Å². The number of likely N-dealkylation sites (N-methyl/N-ethyl adjacent to an activating group) is 2. The van der Waals surface area contributed by atoms with Crippen LogP contribution >= 0.6 is 15.9 Å². The smallest absolute Gasteiger partial charge is 0.410 e. The van der Waals surface area contributed by atoms with E-state index in [-0.39, 0.29) is 31.9 Å². The van der Waals surface area contributed by atoms with E-state index in [1.807, 2.05) is 72.8 Å². The van der Waals surface area contributed by atoms with Crippen LogP contribution in [0.5, 0.6) is 0 Å². The molecule has 234 valence electrons. The number of rotatable bonds is 9. The normalized spacial score (nSPS) is 17.4. The summed E-state index contributed by atoms with van der Waals surface area (Å²) in [6.45, 7) is -0.152. The molecule has 2 aliphatic rings. The first-order chi connectivity index (χ1) is 21.7. The Balaban J connectivity index is 1.36. The Labute approximate surface area is 271 Å². The first kappa shape index (κ1) is 32.0. The third kappa shape index (κ3) is 7.12. The molecule has 1 N–H and O–H groups in total. The Morgan fingerprint density at radius 2 is 1.58 bits per heavy atom. The van der Waals surface area contributed by atoms with Crippen molar-refractivity contribution >= 4 is 39.8 Å². The second kappa shape index (κ2) is 14.1. The summed E-state index contributed by atoms with van der Waals surface area (Å²) in [5.74, 6) is -2.16. The topological polar surface area (TPSA) is 107 Å². The number of aliphatic carboxylic acids is 1. The molecule has 1 heterocycles. The van der Waals surface area contributed by atoms with Crippen molar-refractivity contribution in [1.29, 1.82) is 0 Å². The zero-order valence-corrected chi connectivity index (χ0v) is 26.9. The largest absolute Gasteiger partial charge is 0.480 e. The van der Waals surface area contributed by atoms with E-state index in [1.54, 1.807) is 0 Å². The summed E-state index contributed by atoms with van der Waals surface area (Å²) in [5, 5.41) is 9.35. The van der Waals surface area contributed by atoms with Crippen molar-refractivity contribution in [3.63, 3.8) is 0 Å². The number of carboxylic acid groups (broad SMARTS) is 1. The van der Waals surface area contributed by atoms with Crippen LogP contribution < -0.4 is 0 Å². The predicted molar refractivity (Wildman–Crippen MR) is 174 cm³/mol. The molecule has 9 nitrogen and oxygen atoms in total.